The minimum absolute atomic E-state index is 0.252. The Morgan fingerprint density at radius 1 is 1.06 bits per heavy atom. The molecule has 4 rings (SSSR count). The topological polar surface area (TPSA) is 67.8 Å². The van der Waals surface area contributed by atoms with E-state index >= 15 is 0 Å². The van der Waals surface area contributed by atoms with E-state index in [4.69, 9.17) is 16.3 Å². The van der Waals surface area contributed by atoms with Gasteiger partial charge in [-0.3, -0.25) is 4.79 Å². The number of amidine groups is 1. The van der Waals surface area contributed by atoms with Crippen molar-refractivity contribution in [2.45, 2.75) is 6.92 Å². The number of esters is 1. The molecule has 0 aliphatic carbocycles. The molecule has 7 heteroatoms. The number of nitrogens with one attached hydrogen (secondary N) is 1. The number of carbonyl (C=O) groups excluding carboxylic acids is 2. The summed E-state index contributed by atoms with van der Waals surface area (Å²) in [5.41, 5.74) is 2.77. The second-order valence-electron chi connectivity index (χ2n) is 6.76. The van der Waals surface area contributed by atoms with Crippen LogP contribution in [0.1, 0.15) is 21.5 Å². The summed E-state index contributed by atoms with van der Waals surface area (Å²) in [6.45, 7) is 1.91. The number of amides is 1. The van der Waals surface area contributed by atoms with Crippen LogP contribution in [-0.2, 0) is 4.79 Å². The number of hydrogen-bond donors (Lipinski definition) is 1. The van der Waals surface area contributed by atoms with E-state index in [9.17, 15) is 9.59 Å². The van der Waals surface area contributed by atoms with Crippen LogP contribution >= 0.6 is 23.4 Å². The summed E-state index contributed by atoms with van der Waals surface area (Å²) < 4.78 is 5.49. The number of aliphatic imine (C=N–C) groups is 1. The Bertz CT molecular complexity index is 1240. The van der Waals surface area contributed by atoms with Gasteiger partial charge in [0.05, 0.1) is 21.2 Å². The number of hydrogen-bond acceptors (Lipinski definition) is 5. The molecular formula is C24H17ClN2O3S. The summed E-state index contributed by atoms with van der Waals surface area (Å²) >= 11 is 7.35. The van der Waals surface area contributed by atoms with Crippen LogP contribution in [0.5, 0.6) is 5.75 Å². The zero-order valence-electron chi connectivity index (χ0n) is 16.5. The fraction of sp³-hybridized carbons (Fsp3) is 0.0417. The van der Waals surface area contributed by atoms with Crippen LogP contribution in [0.25, 0.3) is 6.08 Å². The van der Waals surface area contributed by atoms with Crippen molar-refractivity contribution in [1.82, 2.24) is 5.32 Å². The highest BCUT2D eigenvalue weighted by atomic mass is 35.5. The molecule has 0 atom stereocenters. The molecule has 31 heavy (non-hydrogen) atoms. The van der Waals surface area contributed by atoms with Crippen molar-refractivity contribution >= 4 is 52.2 Å². The van der Waals surface area contributed by atoms with Crippen LogP contribution < -0.4 is 10.1 Å². The predicted molar refractivity (Wildman–Crippen MR) is 125 cm³/mol. The molecule has 1 N–H and O–H groups in total. The van der Waals surface area contributed by atoms with Crippen LogP contribution in [-0.4, -0.2) is 17.0 Å². The molecule has 1 amide bonds. The van der Waals surface area contributed by atoms with Crippen molar-refractivity contribution in [1.29, 1.82) is 0 Å². The maximum Gasteiger partial charge on any atom is 0.343 e. The SMILES string of the molecule is Cc1cccc(C(=O)Oc2cccc(/C=C3\SC(=Nc4ccccc4Cl)NC3=O)c2)c1. The molecule has 0 radical (unpaired) electrons. The first-order valence-corrected chi connectivity index (χ1v) is 10.6. The van der Waals surface area contributed by atoms with E-state index in [-0.39, 0.29) is 5.91 Å². The Morgan fingerprint density at radius 3 is 2.68 bits per heavy atom. The van der Waals surface area contributed by atoms with E-state index in [1.165, 1.54) is 11.8 Å². The number of halogens is 1. The van der Waals surface area contributed by atoms with Gasteiger partial charge in [0.2, 0.25) is 0 Å². The lowest BCUT2D eigenvalue weighted by Crippen LogP contribution is -2.19. The fourth-order valence-electron chi connectivity index (χ4n) is 2.89. The number of rotatable bonds is 4. The Balaban J connectivity index is 1.51. The van der Waals surface area contributed by atoms with Crippen molar-refractivity contribution in [2.75, 3.05) is 0 Å². The van der Waals surface area contributed by atoms with Gasteiger partial charge >= 0.3 is 5.97 Å². The molecular weight excluding hydrogens is 432 g/mol. The molecule has 0 bridgehead atoms. The average molecular weight is 449 g/mol. The molecule has 1 saturated heterocycles. The average Bonchev–Trinajstić information content (AvgIpc) is 3.08. The van der Waals surface area contributed by atoms with Gasteiger partial charge in [-0.1, -0.05) is 53.6 Å². The number of ether oxygens (including phenoxy) is 1. The van der Waals surface area contributed by atoms with Gasteiger partial charge in [-0.15, -0.1) is 0 Å². The third-order valence-corrected chi connectivity index (χ3v) is 5.57. The summed E-state index contributed by atoms with van der Waals surface area (Å²) in [6, 6.07) is 21.4. The van der Waals surface area contributed by atoms with Crippen molar-refractivity contribution in [3.05, 3.63) is 99.4 Å². The molecule has 3 aromatic rings. The third kappa shape index (κ3) is 5.23. The monoisotopic (exact) mass is 448 g/mol. The summed E-state index contributed by atoms with van der Waals surface area (Å²) in [6.07, 6.45) is 1.72. The lowest BCUT2D eigenvalue weighted by Gasteiger charge is -2.06. The molecule has 3 aromatic carbocycles. The molecule has 0 spiro atoms. The van der Waals surface area contributed by atoms with E-state index < -0.39 is 5.97 Å². The summed E-state index contributed by atoms with van der Waals surface area (Å²) in [7, 11) is 0. The summed E-state index contributed by atoms with van der Waals surface area (Å²) in [5.74, 6) is -0.289. The molecule has 0 saturated carbocycles. The molecule has 5 nitrogen and oxygen atoms in total. The van der Waals surface area contributed by atoms with Crippen molar-refractivity contribution in [2.24, 2.45) is 4.99 Å². The summed E-state index contributed by atoms with van der Waals surface area (Å²) in [4.78, 5) is 29.6. The van der Waals surface area contributed by atoms with Gasteiger partial charge in [0, 0.05) is 0 Å². The first-order valence-electron chi connectivity index (χ1n) is 9.41. The predicted octanol–water partition coefficient (Wildman–Crippen LogP) is 5.76. The maximum atomic E-state index is 12.4. The molecule has 154 valence electrons. The van der Waals surface area contributed by atoms with Crippen molar-refractivity contribution < 1.29 is 14.3 Å². The number of thioether (sulfide) groups is 1. The van der Waals surface area contributed by atoms with E-state index in [2.05, 4.69) is 10.3 Å². The Kier molecular flexibility index (Phi) is 6.21. The lowest BCUT2D eigenvalue weighted by molar-refractivity contribution is -0.115. The molecule has 1 aliphatic heterocycles. The van der Waals surface area contributed by atoms with Gasteiger partial charge < -0.3 is 10.1 Å². The van der Waals surface area contributed by atoms with Crippen molar-refractivity contribution in [3.63, 3.8) is 0 Å². The Hall–Kier alpha value is -3.35. The maximum absolute atomic E-state index is 12.4. The highest BCUT2D eigenvalue weighted by Crippen LogP contribution is 2.31. The molecule has 0 unspecified atom stereocenters. The van der Waals surface area contributed by atoms with Crippen LogP contribution in [0.15, 0.2) is 82.7 Å². The lowest BCUT2D eigenvalue weighted by atomic mass is 10.1. The summed E-state index contributed by atoms with van der Waals surface area (Å²) in [5, 5.41) is 3.69. The molecule has 0 aromatic heterocycles. The van der Waals surface area contributed by atoms with Gasteiger partial charge in [-0.05, 0) is 66.7 Å². The zero-order valence-corrected chi connectivity index (χ0v) is 18.0. The van der Waals surface area contributed by atoms with Crippen LogP contribution in [0.4, 0.5) is 5.69 Å². The van der Waals surface area contributed by atoms with E-state index in [1.54, 1.807) is 48.5 Å². The van der Waals surface area contributed by atoms with Crippen LogP contribution in [0.3, 0.4) is 0 Å². The van der Waals surface area contributed by atoms with Gasteiger partial charge in [0.1, 0.15) is 5.75 Å². The van der Waals surface area contributed by atoms with Crippen molar-refractivity contribution in [3.8, 4) is 5.75 Å². The van der Waals surface area contributed by atoms with Gasteiger partial charge in [-0.2, -0.15) is 0 Å². The first kappa shape index (κ1) is 20.9. The van der Waals surface area contributed by atoms with Crippen LogP contribution in [0.2, 0.25) is 5.02 Å². The van der Waals surface area contributed by atoms with E-state index in [0.29, 0.717) is 32.1 Å². The Morgan fingerprint density at radius 2 is 1.87 bits per heavy atom. The van der Waals surface area contributed by atoms with Gasteiger partial charge in [0.25, 0.3) is 5.91 Å². The molecule has 1 heterocycles. The van der Waals surface area contributed by atoms with E-state index in [0.717, 1.165) is 11.1 Å². The van der Waals surface area contributed by atoms with Gasteiger partial charge in [0.15, 0.2) is 5.17 Å². The highest BCUT2D eigenvalue weighted by molar-refractivity contribution is 8.18. The smallest absolute Gasteiger partial charge is 0.343 e. The zero-order chi connectivity index (χ0) is 21.8. The second kappa shape index (κ2) is 9.20. The standard InChI is InChI=1S/C24H17ClN2O3S/c1-15-6-4-8-17(12-15)23(29)30-18-9-5-7-16(13-18)14-21-22(28)27-24(31-21)26-20-11-3-2-10-19(20)25/h2-14H,1H3,(H,26,27,28)/b21-14-. The first-order chi connectivity index (χ1) is 15.0. The third-order valence-electron chi connectivity index (χ3n) is 4.35. The van der Waals surface area contributed by atoms with E-state index in [1.807, 2.05) is 37.3 Å². The normalized spacial score (nSPS) is 15.9. The largest absolute Gasteiger partial charge is 0.423 e. The minimum Gasteiger partial charge on any atom is -0.423 e. The molecule has 1 fully saturated rings. The number of benzene rings is 3. The molecule has 1 aliphatic rings. The minimum atomic E-state index is -0.435. The van der Waals surface area contributed by atoms with Gasteiger partial charge in [-0.25, -0.2) is 9.79 Å². The fourth-order valence-corrected chi connectivity index (χ4v) is 3.90. The quantitative estimate of drug-likeness (QED) is 0.313. The highest BCUT2D eigenvalue weighted by Gasteiger charge is 2.24. The number of carbonyl (C=O) groups is 2. The van der Waals surface area contributed by atoms with Crippen LogP contribution in [0, 0.1) is 6.92 Å². The second-order valence-corrected chi connectivity index (χ2v) is 8.20. The Labute approximate surface area is 188 Å². The number of aryl methyl sites for hydroxylation is 1. The number of para-hydroxylation sites is 1. The number of nitrogens with zero attached hydrogens (tertiary/aromatic N) is 1.